The summed E-state index contributed by atoms with van der Waals surface area (Å²) in [5, 5.41) is 15.3. The van der Waals surface area contributed by atoms with Gasteiger partial charge in [0.1, 0.15) is 5.75 Å². The number of nitrogens with zero attached hydrogens (tertiary/aromatic N) is 4. The summed E-state index contributed by atoms with van der Waals surface area (Å²) in [5.74, 6) is 0.709. The van der Waals surface area contributed by atoms with Gasteiger partial charge in [0.2, 0.25) is 0 Å². The monoisotopic (exact) mass is 373 g/mol. The zero-order valence-electron chi connectivity index (χ0n) is 15.2. The average Bonchev–Trinajstić information content (AvgIpc) is 3.09. The quantitative estimate of drug-likeness (QED) is 0.673. The first-order valence-corrected chi connectivity index (χ1v) is 8.43. The van der Waals surface area contributed by atoms with Crippen molar-refractivity contribution in [2.24, 2.45) is 0 Å². The first kappa shape index (κ1) is 19.9. The molecule has 138 valence electrons. The van der Waals surface area contributed by atoms with E-state index < -0.39 is 0 Å². The number of para-hydroxylation sites is 1. The van der Waals surface area contributed by atoms with Crippen molar-refractivity contribution in [3.05, 3.63) is 60.2 Å². The van der Waals surface area contributed by atoms with Crippen LogP contribution in [0.2, 0.25) is 0 Å². The molecule has 0 spiro atoms. The maximum atomic E-state index is 5.90. The van der Waals surface area contributed by atoms with Gasteiger partial charge in [-0.1, -0.05) is 42.4 Å². The lowest BCUT2D eigenvalue weighted by Gasteiger charge is -2.24. The number of ether oxygens (including phenoxy) is 1. The van der Waals surface area contributed by atoms with Crippen LogP contribution in [0.5, 0.6) is 11.8 Å². The molecule has 26 heavy (non-hydrogen) atoms. The Morgan fingerprint density at radius 2 is 1.85 bits per heavy atom. The maximum Gasteiger partial charge on any atom is 0.345 e. The van der Waals surface area contributed by atoms with Crippen LogP contribution < -0.4 is 10.1 Å². The molecular weight excluding hydrogens is 350 g/mol. The van der Waals surface area contributed by atoms with E-state index in [-0.39, 0.29) is 17.9 Å². The molecule has 0 saturated carbocycles. The molecule has 0 bridgehead atoms. The molecule has 0 radical (unpaired) electrons. The molecule has 1 aromatic heterocycles. The second-order valence-corrected chi connectivity index (χ2v) is 6.55. The number of aromatic nitrogens is 4. The predicted octanol–water partition coefficient (Wildman–Crippen LogP) is 4.15. The summed E-state index contributed by atoms with van der Waals surface area (Å²) in [6.07, 6.45) is 1.06. The number of tetrazole rings is 1. The molecule has 0 aliphatic rings. The van der Waals surface area contributed by atoms with Gasteiger partial charge in [-0.3, -0.25) is 0 Å². The van der Waals surface area contributed by atoms with Crippen molar-refractivity contribution in [3.63, 3.8) is 0 Å². The van der Waals surface area contributed by atoms with Crippen molar-refractivity contribution in [1.29, 1.82) is 0 Å². The van der Waals surface area contributed by atoms with Crippen LogP contribution in [-0.4, -0.2) is 25.7 Å². The molecule has 3 aromatic rings. The third kappa shape index (κ3) is 5.03. The molecule has 0 amide bonds. The van der Waals surface area contributed by atoms with E-state index in [9.17, 15) is 0 Å². The molecule has 1 heterocycles. The Morgan fingerprint density at radius 1 is 1.08 bits per heavy atom. The molecule has 2 aromatic carbocycles. The second-order valence-electron chi connectivity index (χ2n) is 6.55. The summed E-state index contributed by atoms with van der Waals surface area (Å²) in [6.45, 7) is 7.35. The summed E-state index contributed by atoms with van der Waals surface area (Å²) < 4.78 is 7.48. The molecule has 6 nitrogen and oxygen atoms in total. The number of benzene rings is 2. The van der Waals surface area contributed by atoms with Gasteiger partial charge >= 0.3 is 6.01 Å². The number of hydrogen-bond donors (Lipinski definition) is 1. The Kier molecular flexibility index (Phi) is 6.71. The van der Waals surface area contributed by atoms with Crippen LogP contribution in [0.4, 0.5) is 0 Å². The summed E-state index contributed by atoms with van der Waals surface area (Å²) >= 11 is 0. The Bertz CT molecular complexity index is 820. The van der Waals surface area contributed by atoms with Gasteiger partial charge in [-0.2, -0.15) is 4.68 Å². The van der Waals surface area contributed by atoms with E-state index in [4.69, 9.17) is 4.74 Å². The van der Waals surface area contributed by atoms with Gasteiger partial charge in [0.15, 0.2) is 0 Å². The molecule has 0 aliphatic heterocycles. The number of rotatable bonds is 7. The van der Waals surface area contributed by atoms with Crippen LogP contribution in [0, 0.1) is 0 Å². The standard InChI is InChI=1S/C19H23N5O.ClH/c1-4-19(2,3)20-14-15-9-8-12-17(13-15)25-18-21-22-23-24(18)16-10-6-5-7-11-16;/h5-13,20H,4,14H2,1-3H3;1H. The van der Waals surface area contributed by atoms with Crippen LogP contribution in [0.3, 0.4) is 0 Å². The van der Waals surface area contributed by atoms with Crippen LogP contribution in [0.25, 0.3) is 5.69 Å². The molecule has 0 atom stereocenters. The molecule has 0 unspecified atom stereocenters. The first-order chi connectivity index (χ1) is 12.1. The van der Waals surface area contributed by atoms with E-state index in [2.05, 4.69) is 47.7 Å². The Morgan fingerprint density at radius 3 is 2.58 bits per heavy atom. The first-order valence-electron chi connectivity index (χ1n) is 8.43. The smallest absolute Gasteiger partial charge is 0.345 e. The highest BCUT2D eigenvalue weighted by atomic mass is 35.5. The predicted molar refractivity (Wildman–Crippen MR) is 104 cm³/mol. The van der Waals surface area contributed by atoms with Gasteiger partial charge in [0.05, 0.1) is 5.69 Å². The minimum Gasteiger partial charge on any atom is -0.423 e. The molecule has 0 aliphatic carbocycles. The highest BCUT2D eigenvalue weighted by Gasteiger charge is 2.14. The zero-order chi connectivity index (χ0) is 17.7. The Labute approximate surface area is 160 Å². The van der Waals surface area contributed by atoms with Gasteiger partial charge in [-0.05, 0) is 60.5 Å². The topological polar surface area (TPSA) is 64.9 Å². The highest BCUT2D eigenvalue weighted by molar-refractivity contribution is 5.85. The molecule has 1 N–H and O–H groups in total. The molecule has 0 saturated heterocycles. The maximum absolute atomic E-state index is 5.90. The van der Waals surface area contributed by atoms with Crippen LogP contribution >= 0.6 is 12.4 Å². The summed E-state index contributed by atoms with van der Waals surface area (Å²) in [5.41, 5.74) is 2.11. The number of nitrogens with one attached hydrogen (secondary N) is 1. The summed E-state index contributed by atoms with van der Waals surface area (Å²) in [6, 6.07) is 18.0. The Balaban J connectivity index is 0.00000243. The summed E-state index contributed by atoms with van der Waals surface area (Å²) in [7, 11) is 0. The SMILES string of the molecule is CCC(C)(C)NCc1cccc(Oc2nnnn2-c2ccccc2)c1.Cl. The van der Waals surface area contributed by atoms with E-state index in [1.54, 1.807) is 4.68 Å². The third-order valence-corrected chi connectivity index (χ3v) is 4.20. The number of hydrogen-bond acceptors (Lipinski definition) is 5. The minimum absolute atomic E-state index is 0. The molecule has 3 rings (SSSR count). The third-order valence-electron chi connectivity index (χ3n) is 4.20. The highest BCUT2D eigenvalue weighted by Crippen LogP contribution is 2.22. The lowest BCUT2D eigenvalue weighted by molar-refractivity contribution is 0.373. The largest absolute Gasteiger partial charge is 0.423 e. The molecule has 0 fully saturated rings. The van der Waals surface area contributed by atoms with Gasteiger partial charge < -0.3 is 10.1 Å². The van der Waals surface area contributed by atoms with Crippen LogP contribution in [0.15, 0.2) is 54.6 Å². The van der Waals surface area contributed by atoms with Crippen molar-refractivity contribution >= 4 is 12.4 Å². The van der Waals surface area contributed by atoms with Crippen LogP contribution in [0.1, 0.15) is 32.8 Å². The van der Waals surface area contributed by atoms with Gasteiger partial charge in [-0.25, -0.2) is 0 Å². The van der Waals surface area contributed by atoms with Crippen molar-refractivity contribution in [3.8, 4) is 17.4 Å². The normalized spacial score (nSPS) is 11.0. The van der Waals surface area contributed by atoms with Gasteiger partial charge in [-0.15, -0.1) is 12.4 Å². The minimum atomic E-state index is 0. The lowest BCUT2D eigenvalue weighted by atomic mass is 10.0. The fraction of sp³-hybridized carbons (Fsp3) is 0.316. The Hall–Kier alpha value is -2.44. The van der Waals surface area contributed by atoms with Crippen LogP contribution in [-0.2, 0) is 6.54 Å². The second kappa shape index (κ2) is 8.78. The van der Waals surface area contributed by atoms with Gasteiger partial charge in [0.25, 0.3) is 0 Å². The van der Waals surface area contributed by atoms with Crippen molar-refractivity contribution in [2.45, 2.75) is 39.3 Å². The van der Waals surface area contributed by atoms with Crippen molar-refractivity contribution < 1.29 is 4.74 Å². The van der Waals surface area contributed by atoms with Crippen molar-refractivity contribution in [2.75, 3.05) is 0 Å². The van der Waals surface area contributed by atoms with E-state index >= 15 is 0 Å². The summed E-state index contributed by atoms with van der Waals surface area (Å²) in [4.78, 5) is 0. The average molecular weight is 374 g/mol. The fourth-order valence-electron chi connectivity index (χ4n) is 2.26. The van der Waals surface area contributed by atoms with Crippen molar-refractivity contribution in [1.82, 2.24) is 25.5 Å². The van der Waals surface area contributed by atoms with E-state index in [1.165, 1.54) is 0 Å². The number of halogens is 1. The lowest BCUT2D eigenvalue weighted by Crippen LogP contribution is -2.37. The van der Waals surface area contributed by atoms with E-state index in [0.717, 1.165) is 24.2 Å². The van der Waals surface area contributed by atoms with E-state index in [1.807, 2.05) is 48.5 Å². The fourth-order valence-corrected chi connectivity index (χ4v) is 2.26. The van der Waals surface area contributed by atoms with Gasteiger partial charge in [0, 0.05) is 12.1 Å². The molecular formula is C19H24ClN5O. The van der Waals surface area contributed by atoms with E-state index in [0.29, 0.717) is 11.8 Å². The molecule has 7 heteroatoms. The zero-order valence-corrected chi connectivity index (χ0v) is 16.0.